The molecule has 3 aromatic carbocycles. The predicted molar refractivity (Wildman–Crippen MR) is 296 cm³/mol. The first-order valence-corrected chi connectivity index (χ1v) is 27.0. The number of piperidine rings is 1. The van der Waals surface area contributed by atoms with E-state index in [0.29, 0.717) is 84.6 Å². The number of carbonyl (C=O) groups excluding carboxylic acids is 5. The highest BCUT2D eigenvalue weighted by molar-refractivity contribution is 7.22. The molecule has 17 heteroatoms. The van der Waals surface area contributed by atoms with Gasteiger partial charge in [0.05, 0.1) is 45.8 Å². The van der Waals surface area contributed by atoms with E-state index in [1.54, 1.807) is 11.7 Å². The second kappa shape index (κ2) is 23.6. The number of hydrogen-bond acceptors (Lipinski definition) is 11. The number of nitrogens with zero attached hydrogens (tertiary/aromatic N) is 7. The Morgan fingerprint density at radius 3 is 2.45 bits per heavy atom. The van der Waals surface area contributed by atoms with Crippen molar-refractivity contribution in [3.05, 3.63) is 137 Å². The molecule has 0 radical (unpaired) electrons. The maximum atomic E-state index is 14.3. The minimum absolute atomic E-state index is 0.0764. The fourth-order valence-electron chi connectivity index (χ4n) is 10.3. The Bertz CT molecular complexity index is 3320. The lowest BCUT2D eigenvalue weighted by Crippen LogP contribution is -2.39. The number of rotatable bonds is 21. The Kier molecular flexibility index (Phi) is 16.4. The first-order valence-electron chi connectivity index (χ1n) is 26.2. The summed E-state index contributed by atoms with van der Waals surface area (Å²) in [4.78, 5) is 77.5. The van der Waals surface area contributed by atoms with E-state index in [0.717, 1.165) is 100 Å². The predicted octanol–water partition coefficient (Wildman–Crippen LogP) is 10.5. The molecule has 75 heavy (non-hydrogen) atoms. The summed E-state index contributed by atoms with van der Waals surface area (Å²) in [5.74, 6) is -1.02. The van der Waals surface area contributed by atoms with Crippen molar-refractivity contribution in [1.82, 2.24) is 40.2 Å². The van der Waals surface area contributed by atoms with Gasteiger partial charge in [0.2, 0.25) is 17.7 Å². The molecule has 2 aliphatic heterocycles. The monoisotopic (exact) mass is 1030 g/mol. The number of allylic oxidation sites excluding steroid dienone is 3. The normalized spacial score (nSPS) is 14.9. The van der Waals surface area contributed by atoms with Crippen LogP contribution in [0.15, 0.2) is 103 Å². The second-order valence-electron chi connectivity index (χ2n) is 19.5. The zero-order valence-corrected chi connectivity index (χ0v) is 44.1. The van der Waals surface area contributed by atoms with Crippen LogP contribution in [0.2, 0.25) is 0 Å². The van der Waals surface area contributed by atoms with Crippen LogP contribution >= 0.6 is 11.3 Å². The van der Waals surface area contributed by atoms with E-state index in [1.807, 2.05) is 90.6 Å². The van der Waals surface area contributed by atoms with Gasteiger partial charge in [-0.05, 0) is 99.0 Å². The van der Waals surface area contributed by atoms with Crippen molar-refractivity contribution >= 4 is 78.6 Å². The molecule has 388 valence electrons. The van der Waals surface area contributed by atoms with Gasteiger partial charge in [-0.25, -0.2) is 9.97 Å². The number of aromatic nitrogens is 6. The number of nitrogens with one attached hydrogen (secondary N) is 4. The Morgan fingerprint density at radius 1 is 0.880 bits per heavy atom. The Hall–Kier alpha value is -7.79. The summed E-state index contributed by atoms with van der Waals surface area (Å²) in [5.41, 5.74) is 10.6. The molecule has 4 N–H and O–H groups in total. The highest BCUT2D eigenvalue weighted by Gasteiger charge is 2.32. The number of anilines is 3. The third-order valence-corrected chi connectivity index (χ3v) is 15.5. The van der Waals surface area contributed by atoms with E-state index in [1.165, 1.54) is 16.9 Å². The number of hydrogen-bond donors (Lipinski definition) is 4. The number of unbranched alkanes of at least 4 members (excludes halogenated alkanes) is 6. The Labute approximate surface area is 441 Å². The highest BCUT2D eigenvalue weighted by Crippen LogP contribution is 2.35. The Balaban J connectivity index is 0.798. The van der Waals surface area contributed by atoms with Crippen molar-refractivity contribution in [2.45, 2.75) is 117 Å². The smallest absolute Gasteiger partial charge is 0.270 e. The largest absolute Gasteiger partial charge is 0.352 e. The van der Waals surface area contributed by atoms with Crippen molar-refractivity contribution in [2.24, 2.45) is 7.05 Å². The Morgan fingerprint density at radius 2 is 1.67 bits per heavy atom. The van der Waals surface area contributed by atoms with Gasteiger partial charge in [0.1, 0.15) is 11.5 Å². The number of para-hydroxylation sites is 2. The van der Waals surface area contributed by atoms with Crippen LogP contribution in [-0.4, -0.2) is 72.2 Å². The summed E-state index contributed by atoms with van der Waals surface area (Å²) >= 11 is 1.45. The molecule has 16 nitrogen and oxygen atoms in total. The lowest BCUT2D eigenvalue weighted by Gasteiger charge is -2.31. The first-order chi connectivity index (χ1) is 36.4. The number of pyridine rings is 1. The molecule has 4 aromatic heterocycles. The fraction of sp³-hybridized carbons (Fsp3) is 0.362. The number of imide groups is 1. The standard InChI is InChI=1S/C58H65N11O5S/c1-6-36(3)38(7-2)34-69-37(4)44(33-60-69)40-26-28-49(68-32-30-39-19-17-20-41(45(39)35-68)55(72)65-58-62-46-22-14-15-24-48(46)75-58)63-53(40)57(74)59-31-16-12-10-8-9-11-13-25-50(70)61-47-23-18-21-42-52(66-67(5)54(42)47)43-27-29-51(71)64-56(43)73/h6,14-15,17-24,26,28,33,43H,1,7-13,16,25,27,29-32,34-35H2,2-5H3,(H,59,74)(H,61,70)(H,62,65,72)(H,64,71,73)/b38-36+. The molecule has 1 atom stereocenters. The van der Waals surface area contributed by atoms with Crippen molar-refractivity contribution < 1.29 is 24.0 Å². The van der Waals surface area contributed by atoms with Gasteiger partial charge in [0.25, 0.3) is 11.8 Å². The minimum Gasteiger partial charge on any atom is -0.352 e. The van der Waals surface area contributed by atoms with Crippen LogP contribution in [0.3, 0.4) is 0 Å². The average molecular weight is 1030 g/mol. The second-order valence-corrected chi connectivity index (χ2v) is 20.5. The van der Waals surface area contributed by atoms with Crippen LogP contribution in [0.5, 0.6) is 0 Å². The summed E-state index contributed by atoms with van der Waals surface area (Å²) in [6.45, 7) is 12.4. The lowest BCUT2D eigenvalue weighted by atomic mass is 9.92. The highest BCUT2D eigenvalue weighted by atomic mass is 32.1. The third kappa shape index (κ3) is 11.8. The van der Waals surface area contributed by atoms with Gasteiger partial charge in [0.15, 0.2) is 5.13 Å². The summed E-state index contributed by atoms with van der Waals surface area (Å²) in [5, 5.41) is 22.4. The van der Waals surface area contributed by atoms with Gasteiger partial charge in [-0.15, -0.1) is 0 Å². The zero-order chi connectivity index (χ0) is 52.6. The topological polar surface area (TPSA) is 198 Å². The molecule has 5 amide bonds. The number of thiazole rings is 1. The molecule has 1 unspecified atom stereocenters. The summed E-state index contributed by atoms with van der Waals surface area (Å²) in [7, 11) is 1.79. The molecule has 2 aliphatic rings. The lowest BCUT2D eigenvalue weighted by molar-refractivity contribution is -0.134. The van der Waals surface area contributed by atoms with E-state index >= 15 is 0 Å². The van der Waals surface area contributed by atoms with Crippen LogP contribution in [0.1, 0.15) is 134 Å². The maximum Gasteiger partial charge on any atom is 0.270 e. The van der Waals surface area contributed by atoms with E-state index in [2.05, 4.69) is 62.7 Å². The van der Waals surface area contributed by atoms with Crippen LogP contribution < -0.4 is 26.2 Å². The van der Waals surface area contributed by atoms with Crippen LogP contribution in [0.25, 0.3) is 32.2 Å². The molecule has 0 aliphatic carbocycles. The average Bonchev–Trinajstić information content (AvgIpc) is 4.11. The SMILES string of the molecule is C=C/C(C)=C(\CC)Cn1ncc(-c2ccc(N3CCc4cccc(C(=O)Nc5nc6ccccc6s5)c4C3)nc2C(=O)NCCCCCCCCCC(=O)Nc2cccc3c(C4CCC(=O)NC4=O)nn(C)c23)c1C. The van der Waals surface area contributed by atoms with Gasteiger partial charge in [0, 0.05) is 67.3 Å². The summed E-state index contributed by atoms with van der Waals surface area (Å²) in [6.07, 6.45) is 12.8. The van der Waals surface area contributed by atoms with Crippen molar-refractivity contribution in [3.8, 4) is 11.1 Å². The van der Waals surface area contributed by atoms with Crippen LogP contribution in [0, 0.1) is 6.92 Å². The fourth-order valence-corrected chi connectivity index (χ4v) is 11.1. The molecule has 0 bridgehead atoms. The van der Waals surface area contributed by atoms with Gasteiger partial charge >= 0.3 is 0 Å². The number of benzene rings is 3. The molecule has 9 rings (SSSR count). The summed E-state index contributed by atoms with van der Waals surface area (Å²) in [6, 6.07) is 23.2. The van der Waals surface area contributed by atoms with Gasteiger partial charge < -0.3 is 15.5 Å². The van der Waals surface area contributed by atoms with Gasteiger partial charge in [-0.2, -0.15) is 10.2 Å². The van der Waals surface area contributed by atoms with E-state index in [-0.39, 0.29) is 36.0 Å². The zero-order valence-electron chi connectivity index (χ0n) is 43.3. The number of carbonyl (C=O) groups is 5. The summed E-state index contributed by atoms with van der Waals surface area (Å²) < 4.78 is 4.67. The number of aryl methyl sites for hydroxylation is 1. The number of fused-ring (bicyclic) bond motifs is 3. The molecular formula is C58H65N11O5S. The van der Waals surface area contributed by atoms with Crippen molar-refractivity contribution in [2.75, 3.05) is 28.6 Å². The maximum absolute atomic E-state index is 14.3. The quantitative estimate of drug-likeness (QED) is 0.0305. The number of amides is 5. The molecule has 1 saturated heterocycles. The van der Waals surface area contributed by atoms with Gasteiger partial charge in [-0.3, -0.25) is 44.0 Å². The van der Waals surface area contributed by atoms with Crippen molar-refractivity contribution in [3.63, 3.8) is 0 Å². The van der Waals surface area contributed by atoms with E-state index < -0.39 is 5.92 Å². The molecule has 0 spiro atoms. The molecule has 7 aromatic rings. The molecule has 6 heterocycles. The van der Waals surface area contributed by atoms with Crippen LogP contribution in [0.4, 0.5) is 16.6 Å². The van der Waals surface area contributed by atoms with Crippen molar-refractivity contribution in [1.29, 1.82) is 0 Å². The van der Waals surface area contributed by atoms with E-state index in [4.69, 9.17) is 10.1 Å². The first kappa shape index (κ1) is 52.1. The van der Waals surface area contributed by atoms with Gasteiger partial charge in [-0.1, -0.05) is 105 Å². The molecule has 0 saturated carbocycles. The third-order valence-electron chi connectivity index (χ3n) is 14.6. The van der Waals surface area contributed by atoms with Crippen LogP contribution in [-0.2, 0) is 40.9 Å². The minimum atomic E-state index is -0.520. The van der Waals surface area contributed by atoms with E-state index in [9.17, 15) is 24.0 Å². The molecule has 1 fully saturated rings. The molecular weight excluding hydrogens is 963 g/mol.